The number of nitrogens with one attached hydrogen (secondary N) is 1. The van der Waals surface area contributed by atoms with Crippen LogP contribution in [0.15, 0.2) is 18.2 Å². The molecule has 1 aromatic rings. The highest BCUT2D eigenvalue weighted by atomic mass is 35.5. The van der Waals surface area contributed by atoms with E-state index in [2.05, 4.69) is 19.2 Å². The van der Waals surface area contributed by atoms with Crippen molar-refractivity contribution >= 4 is 17.5 Å². The highest BCUT2D eigenvalue weighted by molar-refractivity contribution is 6.31. The minimum Gasteiger partial charge on any atom is -0.352 e. The van der Waals surface area contributed by atoms with Crippen molar-refractivity contribution in [3.8, 4) is 0 Å². The van der Waals surface area contributed by atoms with Gasteiger partial charge in [-0.2, -0.15) is 0 Å². The molecule has 21 heavy (non-hydrogen) atoms. The summed E-state index contributed by atoms with van der Waals surface area (Å²) in [7, 11) is 0. The van der Waals surface area contributed by atoms with Crippen molar-refractivity contribution in [1.29, 1.82) is 0 Å². The number of rotatable bonds is 3. The van der Waals surface area contributed by atoms with Gasteiger partial charge in [0.25, 0.3) is 5.91 Å². The first-order chi connectivity index (χ1) is 9.89. The number of benzene rings is 1. The van der Waals surface area contributed by atoms with E-state index >= 15 is 0 Å². The van der Waals surface area contributed by atoms with Gasteiger partial charge < -0.3 is 5.32 Å². The van der Waals surface area contributed by atoms with Gasteiger partial charge in [0, 0.05) is 17.1 Å². The fraction of sp³-hybridized carbons (Fsp3) is 0.611. The number of halogens is 1. The first kappa shape index (κ1) is 14.9. The summed E-state index contributed by atoms with van der Waals surface area (Å²) in [6.07, 6.45) is 3.94. The molecule has 2 nitrogen and oxygen atoms in total. The molecular formula is C18H24ClNO. The highest BCUT2D eigenvalue weighted by Crippen LogP contribution is 2.61. The molecule has 3 aliphatic carbocycles. The van der Waals surface area contributed by atoms with Crippen molar-refractivity contribution in [2.75, 3.05) is 6.54 Å². The minimum atomic E-state index is 0.0222. The van der Waals surface area contributed by atoms with Crippen LogP contribution in [0.5, 0.6) is 0 Å². The van der Waals surface area contributed by atoms with Crippen LogP contribution in [0.2, 0.25) is 5.02 Å². The van der Waals surface area contributed by atoms with Crippen molar-refractivity contribution < 1.29 is 4.79 Å². The molecule has 3 aliphatic rings. The minimum absolute atomic E-state index is 0.0222. The fourth-order valence-electron chi connectivity index (χ4n) is 4.32. The SMILES string of the molecule is Cc1cc(C(=O)NC[C@@H]2CC[C@H]3C[C@@H]2C3(C)C)ccc1Cl. The number of hydrogen-bond acceptors (Lipinski definition) is 1. The Morgan fingerprint density at radius 1 is 1.38 bits per heavy atom. The molecule has 0 spiro atoms. The summed E-state index contributed by atoms with van der Waals surface area (Å²) >= 11 is 6.01. The van der Waals surface area contributed by atoms with Crippen LogP contribution in [0.1, 0.15) is 49.0 Å². The molecule has 4 rings (SSSR count). The average Bonchev–Trinajstić information content (AvgIpc) is 2.47. The van der Waals surface area contributed by atoms with E-state index in [-0.39, 0.29) is 5.91 Å². The van der Waals surface area contributed by atoms with Gasteiger partial charge in [0.2, 0.25) is 0 Å². The second-order valence-corrected chi connectivity index (χ2v) is 7.78. The lowest BCUT2D eigenvalue weighted by Gasteiger charge is -2.60. The van der Waals surface area contributed by atoms with E-state index in [9.17, 15) is 4.79 Å². The predicted octanol–water partition coefficient (Wildman–Crippen LogP) is 4.45. The lowest BCUT2D eigenvalue weighted by atomic mass is 9.45. The van der Waals surface area contributed by atoms with Crippen LogP contribution in [0.25, 0.3) is 0 Å². The number of aryl methyl sites for hydroxylation is 1. The second-order valence-electron chi connectivity index (χ2n) is 7.37. The smallest absolute Gasteiger partial charge is 0.251 e. The molecular weight excluding hydrogens is 282 g/mol. The van der Waals surface area contributed by atoms with Crippen molar-refractivity contribution in [2.45, 2.75) is 40.0 Å². The summed E-state index contributed by atoms with van der Waals surface area (Å²) in [6.45, 7) is 7.52. The Bertz CT molecular complexity index is 564. The van der Waals surface area contributed by atoms with Crippen LogP contribution in [0.3, 0.4) is 0 Å². The monoisotopic (exact) mass is 305 g/mol. The zero-order valence-electron chi connectivity index (χ0n) is 13.1. The maximum absolute atomic E-state index is 12.3. The van der Waals surface area contributed by atoms with Gasteiger partial charge >= 0.3 is 0 Å². The quantitative estimate of drug-likeness (QED) is 0.878. The van der Waals surface area contributed by atoms with E-state index < -0.39 is 0 Å². The summed E-state index contributed by atoms with van der Waals surface area (Å²) < 4.78 is 0. The third-order valence-corrected chi connectivity index (χ3v) is 6.37. The largest absolute Gasteiger partial charge is 0.352 e. The topological polar surface area (TPSA) is 29.1 Å². The second kappa shape index (κ2) is 5.31. The molecule has 0 radical (unpaired) electrons. The molecule has 3 atom stereocenters. The number of carbonyl (C=O) groups is 1. The maximum atomic E-state index is 12.3. The van der Waals surface area contributed by atoms with Gasteiger partial charge in [0.1, 0.15) is 0 Å². The van der Waals surface area contributed by atoms with Gasteiger partial charge in [0.15, 0.2) is 0 Å². The average molecular weight is 306 g/mol. The van der Waals surface area contributed by atoms with E-state index in [0.29, 0.717) is 21.9 Å². The lowest BCUT2D eigenvalue weighted by Crippen LogP contribution is -2.54. The fourth-order valence-corrected chi connectivity index (χ4v) is 4.44. The van der Waals surface area contributed by atoms with E-state index in [1.54, 1.807) is 12.1 Å². The number of fused-ring (bicyclic) bond motifs is 2. The molecule has 114 valence electrons. The van der Waals surface area contributed by atoms with Crippen molar-refractivity contribution in [1.82, 2.24) is 5.32 Å². The van der Waals surface area contributed by atoms with Gasteiger partial charge in [0.05, 0.1) is 0 Å². The van der Waals surface area contributed by atoms with Crippen molar-refractivity contribution in [3.05, 3.63) is 34.3 Å². The van der Waals surface area contributed by atoms with Gasteiger partial charge in [-0.25, -0.2) is 0 Å². The standard InChI is InChI=1S/C18H24ClNO/c1-11-8-12(5-7-16(11)19)17(21)20-10-13-4-6-14-9-15(13)18(14,2)3/h5,7-8,13-15H,4,6,9-10H2,1-3H3,(H,20,21)/t13-,14-,15-/m0/s1. The highest BCUT2D eigenvalue weighted by Gasteiger charge is 2.53. The first-order valence-electron chi connectivity index (χ1n) is 7.94. The summed E-state index contributed by atoms with van der Waals surface area (Å²) in [5, 5.41) is 3.84. The Morgan fingerprint density at radius 3 is 2.76 bits per heavy atom. The molecule has 2 bridgehead atoms. The van der Waals surface area contributed by atoms with E-state index in [1.807, 2.05) is 13.0 Å². The number of carbonyl (C=O) groups excluding carboxylic acids is 1. The first-order valence-corrected chi connectivity index (χ1v) is 8.31. The van der Waals surface area contributed by atoms with Gasteiger partial charge in [-0.05, 0) is 73.1 Å². The summed E-state index contributed by atoms with van der Waals surface area (Å²) in [6, 6.07) is 5.46. The van der Waals surface area contributed by atoms with Crippen LogP contribution < -0.4 is 5.32 Å². The Kier molecular flexibility index (Phi) is 3.77. The van der Waals surface area contributed by atoms with Gasteiger partial charge in [-0.1, -0.05) is 25.4 Å². The van der Waals surface area contributed by atoms with Crippen LogP contribution in [-0.2, 0) is 0 Å². The lowest BCUT2D eigenvalue weighted by molar-refractivity contribution is -0.103. The summed E-state index contributed by atoms with van der Waals surface area (Å²) in [4.78, 5) is 12.3. The van der Waals surface area contributed by atoms with Crippen molar-refractivity contribution in [2.24, 2.45) is 23.2 Å². The van der Waals surface area contributed by atoms with Crippen LogP contribution in [-0.4, -0.2) is 12.5 Å². The summed E-state index contributed by atoms with van der Waals surface area (Å²) in [5.41, 5.74) is 2.13. The molecule has 3 heteroatoms. The predicted molar refractivity (Wildman–Crippen MR) is 86.6 cm³/mol. The molecule has 0 heterocycles. The van der Waals surface area contributed by atoms with Gasteiger partial charge in [-0.15, -0.1) is 0 Å². The Balaban J connectivity index is 1.60. The normalized spacial score (nSPS) is 29.6. The number of hydrogen-bond donors (Lipinski definition) is 1. The molecule has 1 aromatic carbocycles. The Morgan fingerprint density at radius 2 is 2.14 bits per heavy atom. The van der Waals surface area contributed by atoms with Crippen LogP contribution in [0, 0.1) is 30.1 Å². The molecule has 1 amide bonds. The Hall–Kier alpha value is -1.02. The van der Waals surface area contributed by atoms with Crippen LogP contribution in [0.4, 0.5) is 0 Å². The third-order valence-electron chi connectivity index (χ3n) is 5.95. The van der Waals surface area contributed by atoms with E-state index in [1.165, 1.54) is 19.3 Å². The molecule has 3 fully saturated rings. The maximum Gasteiger partial charge on any atom is 0.251 e. The molecule has 1 N–H and O–H groups in total. The molecule has 0 aromatic heterocycles. The van der Waals surface area contributed by atoms with E-state index in [0.717, 1.165) is 23.9 Å². The van der Waals surface area contributed by atoms with Crippen LogP contribution >= 0.6 is 11.6 Å². The molecule has 0 unspecified atom stereocenters. The number of amides is 1. The summed E-state index contributed by atoms with van der Waals surface area (Å²) in [5.74, 6) is 2.35. The zero-order chi connectivity index (χ0) is 15.2. The third kappa shape index (κ3) is 2.59. The van der Waals surface area contributed by atoms with Crippen molar-refractivity contribution in [3.63, 3.8) is 0 Å². The molecule has 3 saturated carbocycles. The van der Waals surface area contributed by atoms with E-state index in [4.69, 9.17) is 11.6 Å². The molecule has 0 aliphatic heterocycles. The Labute approximate surface area is 132 Å². The van der Waals surface area contributed by atoms with Gasteiger partial charge in [-0.3, -0.25) is 4.79 Å². The molecule has 0 saturated heterocycles. The zero-order valence-corrected chi connectivity index (χ0v) is 13.8.